The molecule has 1 aliphatic rings. The monoisotopic (exact) mass is 377 g/mol. The fourth-order valence-corrected chi connectivity index (χ4v) is 4.09. The number of carbonyl (C=O) groups excluding carboxylic acids is 1. The molecule has 26 heavy (non-hydrogen) atoms. The first kappa shape index (κ1) is 19.0. The molecule has 0 aliphatic carbocycles. The minimum Gasteiger partial charge on any atom is -0.461 e. The first-order chi connectivity index (χ1) is 12.6. The van der Waals surface area contributed by atoms with Crippen LogP contribution in [-0.2, 0) is 11.3 Å². The lowest BCUT2D eigenvalue weighted by atomic mass is 10.2. The van der Waals surface area contributed by atoms with E-state index in [9.17, 15) is 4.79 Å². The van der Waals surface area contributed by atoms with Gasteiger partial charge < -0.3 is 9.32 Å². The van der Waals surface area contributed by atoms with Crippen LogP contribution in [0.1, 0.15) is 20.8 Å². The molecular weight excluding hydrogens is 350 g/mol. The topological polar surface area (TPSA) is 67.4 Å². The number of carbonyl (C=O) groups is 1. The van der Waals surface area contributed by atoms with Gasteiger partial charge in [0.1, 0.15) is 0 Å². The Morgan fingerprint density at radius 3 is 2.65 bits per heavy atom. The summed E-state index contributed by atoms with van der Waals surface area (Å²) < 4.78 is 7.40. The lowest BCUT2D eigenvalue weighted by Gasteiger charge is -2.35. The standard InChI is InChI=1S/C18H27N5O2S/c1-4-23-17(15-6-5-11-25-15)19-20-18(23)26-13-16(24)22-9-7-21(8-10-22)12-14(2)3/h5-6,11,14H,4,7-10,12-13H2,1-3H3. The summed E-state index contributed by atoms with van der Waals surface area (Å²) in [5.74, 6) is 2.62. The number of rotatable bonds is 7. The van der Waals surface area contributed by atoms with Crippen molar-refractivity contribution in [3.63, 3.8) is 0 Å². The fraction of sp³-hybridized carbons (Fsp3) is 0.611. The van der Waals surface area contributed by atoms with Crippen molar-refractivity contribution in [3.8, 4) is 11.6 Å². The van der Waals surface area contributed by atoms with Crippen molar-refractivity contribution < 1.29 is 9.21 Å². The number of thioether (sulfide) groups is 1. The summed E-state index contributed by atoms with van der Waals surface area (Å²) in [4.78, 5) is 16.9. The van der Waals surface area contributed by atoms with Crippen molar-refractivity contribution in [2.45, 2.75) is 32.5 Å². The zero-order valence-electron chi connectivity index (χ0n) is 15.7. The van der Waals surface area contributed by atoms with E-state index in [-0.39, 0.29) is 5.91 Å². The van der Waals surface area contributed by atoms with Crippen molar-refractivity contribution in [3.05, 3.63) is 18.4 Å². The van der Waals surface area contributed by atoms with Crippen molar-refractivity contribution in [1.29, 1.82) is 0 Å². The molecular formula is C18H27N5O2S. The zero-order chi connectivity index (χ0) is 18.5. The number of piperazine rings is 1. The zero-order valence-corrected chi connectivity index (χ0v) is 16.5. The van der Waals surface area contributed by atoms with Gasteiger partial charge in [0.15, 0.2) is 16.7 Å². The summed E-state index contributed by atoms with van der Waals surface area (Å²) in [6, 6.07) is 3.70. The van der Waals surface area contributed by atoms with Crippen LogP contribution in [0.3, 0.4) is 0 Å². The number of hydrogen-bond donors (Lipinski definition) is 0. The predicted molar refractivity (Wildman–Crippen MR) is 102 cm³/mol. The highest BCUT2D eigenvalue weighted by atomic mass is 32.2. The van der Waals surface area contributed by atoms with E-state index in [1.54, 1.807) is 6.26 Å². The highest BCUT2D eigenvalue weighted by molar-refractivity contribution is 7.99. The van der Waals surface area contributed by atoms with Gasteiger partial charge in [0.25, 0.3) is 0 Å². The molecule has 1 fully saturated rings. The Kier molecular flexibility index (Phi) is 6.37. The van der Waals surface area contributed by atoms with Crippen LogP contribution in [0.4, 0.5) is 0 Å². The number of amides is 1. The largest absolute Gasteiger partial charge is 0.461 e. The summed E-state index contributed by atoms with van der Waals surface area (Å²) in [6.45, 7) is 11.9. The quantitative estimate of drug-likeness (QED) is 0.691. The minimum absolute atomic E-state index is 0.171. The van der Waals surface area contributed by atoms with Crippen molar-refractivity contribution in [1.82, 2.24) is 24.6 Å². The molecule has 3 rings (SSSR count). The predicted octanol–water partition coefficient (Wildman–Crippen LogP) is 2.45. The molecule has 3 heterocycles. The van der Waals surface area contributed by atoms with Gasteiger partial charge >= 0.3 is 0 Å². The lowest BCUT2D eigenvalue weighted by molar-refractivity contribution is -0.130. The molecule has 0 atom stereocenters. The van der Waals surface area contributed by atoms with Crippen LogP contribution >= 0.6 is 11.8 Å². The second kappa shape index (κ2) is 8.73. The van der Waals surface area contributed by atoms with Crippen molar-refractivity contribution in [2.24, 2.45) is 5.92 Å². The van der Waals surface area contributed by atoms with E-state index in [0.29, 0.717) is 23.3 Å². The SMILES string of the molecule is CCn1c(SCC(=O)N2CCN(CC(C)C)CC2)nnc1-c1ccco1. The van der Waals surface area contributed by atoms with Crippen LogP contribution in [0.25, 0.3) is 11.6 Å². The van der Waals surface area contributed by atoms with Gasteiger partial charge in [0, 0.05) is 39.3 Å². The molecule has 1 aliphatic heterocycles. The molecule has 1 saturated heterocycles. The van der Waals surface area contributed by atoms with Gasteiger partial charge in [0.05, 0.1) is 12.0 Å². The Balaban J connectivity index is 1.54. The third-order valence-corrected chi connectivity index (χ3v) is 5.40. The van der Waals surface area contributed by atoms with Gasteiger partial charge in [-0.1, -0.05) is 25.6 Å². The smallest absolute Gasteiger partial charge is 0.233 e. The Bertz CT molecular complexity index is 705. The maximum absolute atomic E-state index is 12.5. The first-order valence-corrected chi connectivity index (χ1v) is 10.2. The first-order valence-electron chi connectivity index (χ1n) is 9.18. The Morgan fingerprint density at radius 2 is 2.04 bits per heavy atom. The summed E-state index contributed by atoms with van der Waals surface area (Å²) in [7, 11) is 0. The average Bonchev–Trinajstić information content (AvgIpc) is 3.28. The molecule has 0 radical (unpaired) electrons. The van der Waals surface area contributed by atoms with Gasteiger partial charge in [0.2, 0.25) is 5.91 Å². The van der Waals surface area contributed by atoms with Crippen molar-refractivity contribution in [2.75, 3.05) is 38.5 Å². The van der Waals surface area contributed by atoms with Crippen LogP contribution in [0.15, 0.2) is 28.0 Å². The second-order valence-electron chi connectivity index (χ2n) is 6.89. The molecule has 0 spiro atoms. The van der Waals surface area contributed by atoms with Crippen LogP contribution in [0.5, 0.6) is 0 Å². The summed E-state index contributed by atoms with van der Waals surface area (Å²) in [5, 5.41) is 9.22. The molecule has 2 aromatic rings. The molecule has 0 N–H and O–H groups in total. The van der Waals surface area contributed by atoms with E-state index >= 15 is 0 Å². The molecule has 8 heteroatoms. The van der Waals surface area contributed by atoms with Crippen molar-refractivity contribution >= 4 is 17.7 Å². The van der Waals surface area contributed by atoms with Gasteiger partial charge in [-0.15, -0.1) is 10.2 Å². The summed E-state index contributed by atoms with van der Waals surface area (Å²) in [6.07, 6.45) is 1.62. The van der Waals surface area contributed by atoms with E-state index in [0.717, 1.165) is 44.4 Å². The van der Waals surface area contributed by atoms with Gasteiger partial charge in [-0.2, -0.15) is 0 Å². The average molecular weight is 378 g/mol. The van der Waals surface area contributed by atoms with Gasteiger partial charge in [-0.05, 0) is 25.0 Å². The minimum atomic E-state index is 0.171. The molecule has 1 amide bonds. The van der Waals surface area contributed by atoms with Crippen LogP contribution in [-0.4, -0.2) is 68.9 Å². The number of aromatic nitrogens is 3. The van der Waals surface area contributed by atoms with Crippen LogP contribution in [0.2, 0.25) is 0 Å². The lowest BCUT2D eigenvalue weighted by Crippen LogP contribution is -2.50. The molecule has 7 nitrogen and oxygen atoms in total. The Hall–Kier alpha value is -1.80. The van der Waals surface area contributed by atoms with Crippen LogP contribution < -0.4 is 0 Å². The normalized spacial score (nSPS) is 15.8. The maximum atomic E-state index is 12.5. The third-order valence-electron chi connectivity index (χ3n) is 4.45. The van der Waals surface area contributed by atoms with E-state index < -0.39 is 0 Å². The molecule has 0 saturated carbocycles. The Morgan fingerprint density at radius 1 is 1.27 bits per heavy atom. The second-order valence-corrected chi connectivity index (χ2v) is 7.83. The molecule has 0 bridgehead atoms. The van der Waals surface area contributed by atoms with Gasteiger partial charge in [-0.3, -0.25) is 14.3 Å². The highest BCUT2D eigenvalue weighted by Gasteiger charge is 2.22. The highest BCUT2D eigenvalue weighted by Crippen LogP contribution is 2.24. The van der Waals surface area contributed by atoms with E-state index in [1.807, 2.05) is 28.5 Å². The summed E-state index contributed by atoms with van der Waals surface area (Å²) in [5.41, 5.74) is 0. The van der Waals surface area contributed by atoms with E-state index in [1.165, 1.54) is 11.8 Å². The Labute approximate surface area is 158 Å². The third kappa shape index (κ3) is 4.48. The summed E-state index contributed by atoms with van der Waals surface area (Å²) >= 11 is 1.45. The maximum Gasteiger partial charge on any atom is 0.233 e. The van der Waals surface area contributed by atoms with Gasteiger partial charge in [-0.25, -0.2) is 0 Å². The van der Waals surface area contributed by atoms with E-state index in [2.05, 4.69) is 28.9 Å². The van der Waals surface area contributed by atoms with E-state index in [4.69, 9.17) is 4.42 Å². The number of hydrogen-bond acceptors (Lipinski definition) is 6. The molecule has 2 aromatic heterocycles. The number of nitrogens with zero attached hydrogens (tertiary/aromatic N) is 5. The fourth-order valence-electron chi connectivity index (χ4n) is 3.18. The molecule has 0 unspecified atom stereocenters. The number of furan rings is 1. The molecule has 142 valence electrons. The molecule has 0 aromatic carbocycles. The van der Waals surface area contributed by atoms with Crippen LogP contribution in [0, 0.1) is 5.92 Å².